The fourth-order valence-electron chi connectivity index (χ4n) is 2.78. The molecule has 0 saturated heterocycles. The maximum Gasteiger partial charge on any atom is 0.256 e. The minimum absolute atomic E-state index is 0.0245. The monoisotopic (exact) mass is 394 g/mol. The van der Waals surface area contributed by atoms with E-state index >= 15 is 0 Å². The highest BCUT2D eigenvalue weighted by atomic mass is 35.5. The second-order valence-electron chi connectivity index (χ2n) is 5.66. The number of fused-ring (bicyclic) bond motifs is 1. The van der Waals surface area contributed by atoms with Crippen molar-refractivity contribution in [1.82, 2.24) is 0 Å². The van der Waals surface area contributed by atoms with Crippen molar-refractivity contribution < 1.29 is 30.7 Å². The topological polar surface area (TPSA) is 43.4 Å². The maximum absolute atomic E-state index is 13.8. The first kappa shape index (κ1) is 18.0. The van der Waals surface area contributed by atoms with E-state index < -0.39 is 45.3 Å². The van der Waals surface area contributed by atoms with Crippen molar-refractivity contribution in [2.24, 2.45) is 0 Å². The molecule has 0 amide bonds. The van der Waals surface area contributed by atoms with E-state index in [1.807, 2.05) is 0 Å². The molecule has 0 N–H and O–H groups in total. The highest BCUT2D eigenvalue weighted by molar-refractivity contribution is 7.91. The zero-order valence-corrected chi connectivity index (χ0v) is 14.1. The van der Waals surface area contributed by atoms with Gasteiger partial charge in [-0.25, -0.2) is 26.0 Å². The zero-order chi connectivity index (χ0) is 18.4. The molecule has 0 atom stereocenters. The lowest BCUT2D eigenvalue weighted by atomic mass is 10.1. The predicted molar refractivity (Wildman–Crippen MR) is 83.4 cm³/mol. The number of halogens is 5. The summed E-state index contributed by atoms with van der Waals surface area (Å²) in [6.45, 7) is 0. The lowest BCUT2D eigenvalue weighted by Crippen LogP contribution is -2.15. The van der Waals surface area contributed by atoms with Crippen molar-refractivity contribution in [3.05, 3.63) is 52.3 Å². The van der Waals surface area contributed by atoms with Crippen molar-refractivity contribution in [2.75, 3.05) is 6.01 Å². The highest BCUT2D eigenvalue weighted by Crippen LogP contribution is 2.43. The van der Waals surface area contributed by atoms with Gasteiger partial charge in [-0.2, -0.15) is 0 Å². The van der Waals surface area contributed by atoms with Gasteiger partial charge in [0.2, 0.25) is 9.84 Å². The zero-order valence-electron chi connectivity index (χ0n) is 12.5. The van der Waals surface area contributed by atoms with E-state index in [0.29, 0.717) is 0 Å². The molecule has 2 aromatic carbocycles. The van der Waals surface area contributed by atoms with E-state index in [0.717, 1.165) is 24.3 Å². The molecule has 2 aromatic rings. The third-order valence-electron chi connectivity index (χ3n) is 3.76. The second-order valence-corrected chi connectivity index (χ2v) is 7.98. The van der Waals surface area contributed by atoms with Crippen LogP contribution < -0.4 is 4.74 Å². The van der Waals surface area contributed by atoms with Gasteiger partial charge in [0, 0.05) is 29.5 Å². The van der Waals surface area contributed by atoms with Gasteiger partial charge >= 0.3 is 0 Å². The van der Waals surface area contributed by atoms with Crippen molar-refractivity contribution in [3.8, 4) is 11.5 Å². The molecule has 134 valence electrons. The molecule has 0 aliphatic heterocycles. The van der Waals surface area contributed by atoms with Gasteiger partial charge < -0.3 is 4.74 Å². The molecule has 0 bridgehead atoms. The second kappa shape index (κ2) is 6.17. The number of hydrogen-bond acceptors (Lipinski definition) is 3. The molecule has 0 unspecified atom stereocenters. The van der Waals surface area contributed by atoms with Crippen molar-refractivity contribution in [1.29, 1.82) is 0 Å². The molecule has 0 saturated carbocycles. The Labute approximate surface area is 146 Å². The molecule has 3 nitrogen and oxygen atoms in total. The molecule has 1 aliphatic carbocycles. The first-order valence-electron chi connectivity index (χ1n) is 7.06. The van der Waals surface area contributed by atoms with E-state index in [1.54, 1.807) is 0 Å². The smallest absolute Gasteiger partial charge is 0.256 e. The van der Waals surface area contributed by atoms with Gasteiger partial charge in [0.25, 0.3) is 5.92 Å². The van der Waals surface area contributed by atoms with Crippen molar-refractivity contribution >= 4 is 21.4 Å². The highest BCUT2D eigenvalue weighted by Gasteiger charge is 2.42. The van der Waals surface area contributed by atoms with Gasteiger partial charge in [-0.15, -0.1) is 0 Å². The summed E-state index contributed by atoms with van der Waals surface area (Å²) >= 11 is 5.72. The summed E-state index contributed by atoms with van der Waals surface area (Å²) in [7, 11) is -4.31. The normalized spacial score (nSPS) is 15.9. The van der Waals surface area contributed by atoms with Crippen LogP contribution in [0, 0.1) is 5.82 Å². The van der Waals surface area contributed by atoms with Crippen LogP contribution in [0.15, 0.2) is 35.2 Å². The molecule has 0 spiro atoms. The summed E-state index contributed by atoms with van der Waals surface area (Å²) in [5.74, 6) is -3.93. The Bertz CT molecular complexity index is 924. The first-order valence-corrected chi connectivity index (χ1v) is 9.09. The molecular formula is C16H11ClF4O3S. The summed E-state index contributed by atoms with van der Waals surface area (Å²) < 4.78 is 82.9. The van der Waals surface area contributed by atoms with Gasteiger partial charge in [-0.3, -0.25) is 0 Å². The van der Waals surface area contributed by atoms with Crippen LogP contribution in [0.5, 0.6) is 11.5 Å². The SMILES string of the molecule is O=S(=O)(CF)c1ccc(Oc2cc(F)cc(Cl)c2)c2c1CC(F)(F)C2. The Morgan fingerprint density at radius 2 is 1.80 bits per heavy atom. The molecule has 3 rings (SSSR count). The van der Waals surface area contributed by atoms with Gasteiger partial charge in [0.05, 0.1) is 4.90 Å². The van der Waals surface area contributed by atoms with E-state index in [-0.39, 0.29) is 27.6 Å². The summed E-state index contributed by atoms with van der Waals surface area (Å²) in [6, 6.07) is 3.83. The predicted octanol–water partition coefficient (Wildman–Crippen LogP) is 4.71. The molecule has 0 aromatic heterocycles. The van der Waals surface area contributed by atoms with E-state index in [2.05, 4.69) is 0 Å². The number of ether oxygens (including phenoxy) is 1. The van der Waals surface area contributed by atoms with Crippen LogP contribution in [0.2, 0.25) is 5.02 Å². The van der Waals surface area contributed by atoms with Gasteiger partial charge in [0.15, 0.2) is 6.01 Å². The lowest BCUT2D eigenvalue weighted by Gasteiger charge is -2.13. The van der Waals surface area contributed by atoms with E-state index in [9.17, 15) is 26.0 Å². The largest absolute Gasteiger partial charge is 0.457 e. The molecule has 0 radical (unpaired) electrons. The van der Waals surface area contributed by atoms with Crippen molar-refractivity contribution in [2.45, 2.75) is 23.7 Å². The third kappa shape index (κ3) is 3.59. The number of hydrogen-bond donors (Lipinski definition) is 0. The fourth-order valence-corrected chi connectivity index (χ4v) is 3.95. The average molecular weight is 395 g/mol. The molecule has 25 heavy (non-hydrogen) atoms. The Balaban J connectivity index is 2.10. The third-order valence-corrected chi connectivity index (χ3v) is 5.32. The molecule has 9 heteroatoms. The van der Waals surface area contributed by atoms with Gasteiger partial charge in [-0.05, 0) is 29.8 Å². The number of rotatable bonds is 4. The minimum atomic E-state index is -4.31. The Kier molecular flexibility index (Phi) is 4.45. The summed E-state index contributed by atoms with van der Waals surface area (Å²) in [6.07, 6.45) is -1.59. The molecule has 0 fully saturated rings. The Morgan fingerprint density at radius 3 is 2.44 bits per heavy atom. The summed E-state index contributed by atoms with van der Waals surface area (Å²) in [5.41, 5.74) is -0.220. The molecule has 0 heterocycles. The summed E-state index contributed by atoms with van der Waals surface area (Å²) in [5, 5.41) is 0.0496. The standard InChI is InChI=1S/C16H11ClF4O3S/c17-9-3-10(19)5-11(4-9)24-14-1-2-15(25(22,23)8-18)13-7-16(20,21)6-12(13)14/h1-5H,6-8H2. The molecular weight excluding hydrogens is 384 g/mol. The minimum Gasteiger partial charge on any atom is -0.457 e. The van der Waals surface area contributed by atoms with E-state index in [1.165, 1.54) is 6.07 Å². The lowest BCUT2D eigenvalue weighted by molar-refractivity contribution is 0.0125. The Morgan fingerprint density at radius 1 is 1.12 bits per heavy atom. The van der Waals surface area contributed by atoms with Crippen LogP contribution in [0.1, 0.15) is 11.1 Å². The van der Waals surface area contributed by atoms with Crippen LogP contribution in [-0.2, 0) is 22.7 Å². The fraction of sp³-hybridized carbons (Fsp3) is 0.250. The van der Waals surface area contributed by atoms with Crippen LogP contribution in [0.4, 0.5) is 17.6 Å². The number of alkyl halides is 3. The number of benzene rings is 2. The van der Waals surface area contributed by atoms with E-state index in [4.69, 9.17) is 16.3 Å². The van der Waals surface area contributed by atoms with Crippen LogP contribution in [0.25, 0.3) is 0 Å². The number of sulfone groups is 1. The van der Waals surface area contributed by atoms with Crippen LogP contribution >= 0.6 is 11.6 Å². The maximum atomic E-state index is 13.8. The average Bonchev–Trinajstić information content (AvgIpc) is 2.81. The van der Waals surface area contributed by atoms with Crippen LogP contribution in [-0.4, -0.2) is 20.3 Å². The van der Waals surface area contributed by atoms with Crippen LogP contribution in [0.3, 0.4) is 0 Å². The van der Waals surface area contributed by atoms with Gasteiger partial charge in [0.1, 0.15) is 17.3 Å². The van der Waals surface area contributed by atoms with Gasteiger partial charge in [-0.1, -0.05) is 11.6 Å². The first-order chi connectivity index (χ1) is 11.6. The van der Waals surface area contributed by atoms with Crippen molar-refractivity contribution in [3.63, 3.8) is 0 Å². The quantitative estimate of drug-likeness (QED) is 0.706. The summed E-state index contributed by atoms with van der Waals surface area (Å²) in [4.78, 5) is -0.480. The molecule has 1 aliphatic rings. The Hall–Kier alpha value is -1.80.